The largest absolute Gasteiger partial charge is 0.465 e. The molecule has 0 spiro atoms. The van der Waals surface area contributed by atoms with Gasteiger partial charge in [-0.25, -0.2) is 4.79 Å². The van der Waals surface area contributed by atoms with Crippen molar-refractivity contribution in [2.75, 3.05) is 45.2 Å². The van der Waals surface area contributed by atoms with Crippen LogP contribution in [0.4, 0.5) is 5.00 Å². The van der Waals surface area contributed by atoms with Crippen molar-refractivity contribution in [1.82, 2.24) is 9.80 Å². The molecule has 4 rings (SSSR count). The molecule has 3 aromatic rings. The SMILES string of the molecule is COC(=O)c1c(-c2ccc(C)cc2)csc1NC(=O)CN1CCN(Cc2ccccc2Cl)CC1. The molecule has 1 aromatic heterocycles. The number of carbonyl (C=O) groups excluding carboxylic acids is 2. The van der Waals surface area contributed by atoms with E-state index in [1.54, 1.807) is 0 Å². The third kappa shape index (κ3) is 5.85. The van der Waals surface area contributed by atoms with Gasteiger partial charge in [-0.1, -0.05) is 59.6 Å². The number of rotatable bonds is 7. The van der Waals surface area contributed by atoms with Crippen molar-refractivity contribution in [3.63, 3.8) is 0 Å². The van der Waals surface area contributed by atoms with E-state index in [1.165, 1.54) is 18.4 Å². The zero-order valence-electron chi connectivity index (χ0n) is 19.3. The first-order valence-electron chi connectivity index (χ1n) is 11.2. The zero-order chi connectivity index (χ0) is 24.1. The van der Waals surface area contributed by atoms with Crippen LogP contribution in [0.25, 0.3) is 11.1 Å². The number of nitrogens with zero attached hydrogens (tertiary/aromatic N) is 2. The van der Waals surface area contributed by atoms with Crippen molar-refractivity contribution >= 4 is 39.8 Å². The molecule has 2 aromatic carbocycles. The van der Waals surface area contributed by atoms with Crippen molar-refractivity contribution in [3.8, 4) is 11.1 Å². The van der Waals surface area contributed by atoms with E-state index in [-0.39, 0.29) is 12.5 Å². The molecule has 0 radical (unpaired) electrons. The minimum Gasteiger partial charge on any atom is -0.465 e. The second-order valence-corrected chi connectivity index (χ2v) is 9.69. The summed E-state index contributed by atoms with van der Waals surface area (Å²) >= 11 is 7.63. The maximum absolute atomic E-state index is 12.8. The average molecular weight is 498 g/mol. The molecule has 1 aliphatic rings. The highest BCUT2D eigenvalue weighted by molar-refractivity contribution is 7.15. The molecular formula is C26H28ClN3O3S. The summed E-state index contributed by atoms with van der Waals surface area (Å²) in [6.45, 7) is 6.41. The van der Waals surface area contributed by atoms with Crippen LogP contribution in [0.15, 0.2) is 53.9 Å². The van der Waals surface area contributed by atoms with Crippen LogP contribution >= 0.6 is 22.9 Å². The van der Waals surface area contributed by atoms with E-state index in [0.717, 1.165) is 60.0 Å². The monoisotopic (exact) mass is 497 g/mol. The minimum absolute atomic E-state index is 0.137. The van der Waals surface area contributed by atoms with Crippen molar-refractivity contribution in [1.29, 1.82) is 0 Å². The molecule has 1 amide bonds. The Labute approximate surface area is 209 Å². The standard InChI is InChI=1S/C26H28ClN3O3S/c1-18-7-9-19(10-8-18)21-17-34-25(24(21)26(32)33-2)28-23(31)16-30-13-11-29(12-14-30)15-20-5-3-4-6-22(20)27/h3-10,17H,11-16H2,1-2H3,(H,28,31). The summed E-state index contributed by atoms with van der Waals surface area (Å²) in [5, 5.41) is 6.13. The zero-order valence-corrected chi connectivity index (χ0v) is 20.9. The first kappa shape index (κ1) is 24.4. The van der Waals surface area contributed by atoms with E-state index in [4.69, 9.17) is 16.3 Å². The summed E-state index contributed by atoms with van der Waals surface area (Å²) in [7, 11) is 1.35. The number of hydrogen-bond donors (Lipinski definition) is 1. The summed E-state index contributed by atoms with van der Waals surface area (Å²) in [4.78, 5) is 29.8. The van der Waals surface area contributed by atoms with E-state index in [0.29, 0.717) is 10.6 Å². The number of benzene rings is 2. The molecule has 0 bridgehead atoms. The number of ether oxygens (including phenoxy) is 1. The lowest BCUT2D eigenvalue weighted by molar-refractivity contribution is -0.117. The van der Waals surface area contributed by atoms with Gasteiger partial charge in [-0.3, -0.25) is 14.6 Å². The molecule has 1 saturated heterocycles. The van der Waals surface area contributed by atoms with Crippen LogP contribution in [0.1, 0.15) is 21.5 Å². The fourth-order valence-corrected chi connectivity index (χ4v) is 5.21. The summed E-state index contributed by atoms with van der Waals surface area (Å²) < 4.78 is 5.01. The third-order valence-electron chi connectivity index (χ3n) is 5.98. The Morgan fingerprint density at radius 1 is 1.03 bits per heavy atom. The summed E-state index contributed by atoms with van der Waals surface area (Å²) in [6.07, 6.45) is 0. The molecule has 0 unspecified atom stereocenters. The van der Waals surface area contributed by atoms with Crippen LogP contribution in [0.3, 0.4) is 0 Å². The molecular weight excluding hydrogens is 470 g/mol. The van der Waals surface area contributed by atoms with Crippen LogP contribution in [0.5, 0.6) is 0 Å². The Morgan fingerprint density at radius 3 is 2.38 bits per heavy atom. The number of amides is 1. The van der Waals surface area contributed by atoms with Crippen molar-refractivity contribution in [3.05, 3.63) is 75.6 Å². The fraction of sp³-hybridized carbons (Fsp3) is 0.308. The number of hydrogen-bond acceptors (Lipinski definition) is 6. The van der Waals surface area contributed by atoms with Gasteiger partial charge in [0.15, 0.2) is 0 Å². The number of esters is 1. The highest BCUT2D eigenvalue weighted by atomic mass is 35.5. The van der Waals surface area contributed by atoms with Gasteiger partial charge in [0.05, 0.1) is 13.7 Å². The first-order valence-corrected chi connectivity index (χ1v) is 12.4. The molecule has 1 aliphatic heterocycles. The number of carbonyl (C=O) groups is 2. The van der Waals surface area contributed by atoms with Crippen LogP contribution in [0, 0.1) is 6.92 Å². The normalized spacial score (nSPS) is 14.7. The summed E-state index contributed by atoms with van der Waals surface area (Å²) in [5.74, 6) is -0.595. The molecule has 2 heterocycles. The number of thiophene rings is 1. The van der Waals surface area contributed by atoms with E-state index in [2.05, 4.69) is 15.1 Å². The lowest BCUT2D eigenvalue weighted by Crippen LogP contribution is -2.48. The van der Waals surface area contributed by atoms with Crippen LogP contribution < -0.4 is 5.32 Å². The number of piperazine rings is 1. The Kier molecular flexibility index (Phi) is 8.00. The molecule has 34 heavy (non-hydrogen) atoms. The molecule has 1 fully saturated rings. The van der Waals surface area contributed by atoms with Crippen LogP contribution in [-0.4, -0.2) is 61.5 Å². The number of halogens is 1. The van der Waals surface area contributed by atoms with Gasteiger partial charge >= 0.3 is 5.97 Å². The average Bonchev–Trinajstić information content (AvgIpc) is 3.25. The van der Waals surface area contributed by atoms with Crippen LogP contribution in [0.2, 0.25) is 5.02 Å². The van der Waals surface area contributed by atoms with Gasteiger partial charge in [0.1, 0.15) is 10.6 Å². The smallest absolute Gasteiger partial charge is 0.341 e. The molecule has 178 valence electrons. The van der Waals surface area contributed by atoms with Gasteiger partial charge in [0, 0.05) is 48.7 Å². The summed E-state index contributed by atoms with van der Waals surface area (Å²) in [5.41, 5.74) is 4.33. The van der Waals surface area contributed by atoms with Gasteiger partial charge in [-0.05, 0) is 24.1 Å². The van der Waals surface area contributed by atoms with Crippen molar-refractivity contribution < 1.29 is 14.3 Å². The van der Waals surface area contributed by atoms with Gasteiger partial charge in [0.2, 0.25) is 5.91 Å². The lowest BCUT2D eigenvalue weighted by Gasteiger charge is -2.34. The highest BCUT2D eigenvalue weighted by Crippen LogP contribution is 2.36. The molecule has 0 saturated carbocycles. The number of aryl methyl sites for hydroxylation is 1. The Bertz CT molecular complexity index is 1150. The topological polar surface area (TPSA) is 61.9 Å². The van der Waals surface area contributed by atoms with Gasteiger partial charge in [-0.2, -0.15) is 0 Å². The van der Waals surface area contributed by atoms with Gasteiger partial charge < -0.3 is 10.1 Å². The fourth-order valence-electron chi connectivity index (χ4n) is 4.04. The van der Waals surface area contributed by atoms with E-state index < -0.39 is 5.97 Å². The minimum atomic E-state index is -0.458. The Morgan fingerprint density at radius 2 is 1.71 bits per heavy atom. The summed E-state index contributed by atoms with van der Waals surface area (Å²) in [6, 6.07) is 15.8. The predicted molar refractivity (Wildman–Crippen MR) is 138 cm³/mol. The van der Waals surface area contributed by atoms with Gasteiger partial charge in [0.25, 0.3) is 0 Å². The van der Waals surface area contributed by atoms with E-state index >= 15 is 0 Å². The highest BCUT2D eigenvalue weighted by Gasteiger charge is 2.24. The predicted octanol–water partition coefficient (Wildman–Crippen LogP) is 4.92. The number of anilines is 1. The molecule has 0 atom stereocenters. The molecule has 1 N–H and O–H groups in total. The number of nitrogens with one attached hydrogen (secondary N) is 1. The van der Waals surface area contributed by atoms with Crippen molar-refractivity contribution in [2.24, 2.45) is 0 Å². The lowest BCUT2D eigenvalue weighted by atomic mass is 10.0. The van der Waals surface area contributed by atoms with Gasteiger partial charge in [-0.15, -0.1) is 11.3 Å². The molecule has 6 nitrogen and oxygen atoms in total. The second kappa shape index (κ2) is 11.1. The Balaban J connectivity index is 1.36. The van der Waals surface area contributed by atoms with Crippen molar-refractivity contribution in [2.45, 2.75) is 13.5 Å². The Hall–Kier alpha value is -2.71. The number of methoxy groups -OCH3 is 1. The second-order valence-electron chi connectivity index (χ2n) is 8.40. The quantitative estimate of drug-likeness (QED) is 0.469. The van der Waals surface area contributed by atoms with E-state index in [9.17, 15) is 9.59 Å². The molecule has 0 aliphatic carbocycles. The molecule has 8 heteroatoms. The first-order chi connectivity index (χ1) is 16.4. The third-order valence-corrected chi connectivity index (χ3v) is 7.24. The maximum Gasteiger partial charge on any atom is 0.341 e. The van der Waals surface area contributed by atoms with E-state index in [1.807, 2.05) is 60.8 Å². The van der Waals surface area contributed by atoms with Crippen LogP contribution in [-0.2, 0) is 16.1 Å². The maximum atomic E-state index is 12.8.